The number of allylic oxidation sites excluding steroid dienone is 1. The molecule has 12 heavy (non-hydrogen) atoms. The lowest BCUT2D eigenvalue weighted by atomic mass is 10.1. The molecule has 1 N–H and O–H groups in total. The van der Waals surface area contributed by atoms with Crippen LogP contribution in [-0.2, 0) is 0 Å². The van der Waals surface area contributed by atoms with Crippen molar-refractivity contribution in [2.45, 2.75) is 27.2 Å². The van der Waals surface area contributed by atoms with Crippen molar-refractivity contribution in [3.05, 3.63) is 11.6 Å². The Morgan fingerprint density at radius 3 is 2.42 bits per heavy atom. The van der Waals surface area contributed by atoms with E-state index in [9.17, 15) is 0 Å². The van der Waals surface area contributed by atoms with Gasteiger partial charge in [-0.3, -0.25) is 4.99 Å². The first-order valence-corrected chi connectivity index (χ1v) is 4.62. The Morgan fingerprint density at radius 1 is 1.42 bits per heavy atom. The molecule has 0 aromatic heterocycles. The minimum Gasteiger partial charge on any atom is -0.311 e. The van der Waals surface area contributed by atoms with Gasteiger partial charge in [-0.15, -0.1) is 0 Å². The van der Waals surface area contributed by atoms with Gasteiger partial charge in [-0.05, 0) is 25.5 Å². The van der Waals surface area contributed by atoms with Gasteiger partial charge in [0.05, 0.1) is 5.71 Å². The third-order valence-corrected chi connectivity index (χ3v) is 1.91. The van der Waals surface area contributed by atoms with Crippen LogP contribution in [0.4, 0.5) is 0 Å². The molecule has 0 aliphatic rings. The molecule has 2 heteroatoms. The van der Waals surface area contributed by atoms with E-state index in [1.165, 1.54) is 11.3 Å². The maximum Gasteiger partial charge on any atom is 0.0511 e. The van der Waals surface area contributed by atoms with E-state index in [2.05, 4.69) is 37.2 Å². The molecule has 0 saturated heterocycles. The van der Waals surface area contributed by atoms with Gasteiger partial charge in [0.1, 0.15) is 0 Å². The topological polar surface area (TPSA) is 24.4 Å². The van der Waals surface area contributed by atoms with Gasteiger partial charge in [0, 0.05) is 13.6 Å². The second-order valence-electron chi connectivity index (χ2n) is 2.62. The van der Waals surface area contributed by atoms with Crippen LogP contribution >= 0.6 is 0 Å². The molecule has 0 aromatic rings. The normalized spacial score (nSPS) is 13.7. The molecule has 0 aromatic carbocycles. The second-order valence-corrected chi connectivity index (χ2v) is 2.62. The average molecular weight is 168 g/mol. The third-order valence-electron chi connectivity index (χ3n) is 1.91. The van der Waals surface area contributed by atoms with E-state index in [-0.39, 0.29) is 0 Å². The van der Waals surface area contributed by atoms with Crippen LogP contribution in [0.3, 0.4) is 0 Å². The third kappa shape index (κ3) is 3.67. The van der Waals surface area contributed by atoms with Gasteiger partial charge >= 0.3 is 0 Å². The van der Waals surface area contributed by atoms with E-state index in [0.717, 1.165) is 19.5 Å². The molecule has 0 atom stereocenters. The average Bonchev–Trinajstić information content (AvgIpc) is 2.12. The van der Waals surface area contributed by atoms with Gasteiger partial charge in [-0.2, -0.15) is 0 Å². The Morgan fingerprint density at radius 2 is 2.08 bits per heavy atom. The summed E-state index contributed by atoms with van der Waals surface area (Å²) in [5.74, 6) is 0. The number of aliphatic imine (C=N–C) groups is 1. The zero-order chi connectivity index (χ0) is 9.40. The lowest BCUT2D eigenvalue weighted by molar-refractivity contribution is 0.814. The number of rotatable bonds is 5. The van der Waals surface area contributed by atoms with Crippen molar-refractivity contribution in [2.75, 3.05) is 20.1 Å². The van der Waals surface area contributed by atoms with Crippen LogP contribution in [0.2, 0.25) is 0 Å². The van der Waals surface area contributed by atoms with Gasteiger partial charge in [0.2, 0.25) is 0 Å². The van der Waals surface area contributed by atoms with E-state index in [4.69, 9.17) is 0 Å². The Kier molecular flexibility index (Phi) is 6.67. The van der Waals surface area contributed by atoms with Gasteiger partial charge in [-0.25, -0.2) is 0 Å². The van der Waals surface area contributed by atoms with Crippen molar-refractivity contribution < 1.29 is 0 Å². The highest BCUT2D eigenvalue weighted by Gasteiger charge is 2.01. The van der Waals surface area contributed by atoms with Crippen molar-refractivity contribution in [3.8, 4) is 0 Å². The monoisotopic (exact) mass is 168 g/mol. The van der Waals surface area contributed by atoms with Crippen molar-refractivity contribution in [2.24, 2.45) is 4.99 Å². The predicted octanol–water partition coefficient (Wildman–Crippen LogP) is 2.02. The maximum absolute atomic E-state index is 4.25. The van der Waals surface area contributed by atoms with Crippen molar-refractivity contribution in [1.29, 1.82) is 0 Å². The van der Waals surface area contributed by atoms with E-state index < -0.39 is 0 Å². The molecular formula is C10H20N2. The van der Waals surface area contributed by atoms with Crippen LogP contribution in [0.15, 0.2) is 16.6 Å². The zero-order valence-electron chi connectivity index (χ0n) is 8.65. The first kappa shape index (κ1) is 11.4. The molecule has 0 fully saturated rings. The lowest BCUT2D eigenvalue weighted by Gasteiger charge is -2.08. The minimum atomic E-state index is 0.889. The highest BCUT2D eigenvalue weighted by atomic mass is 14.9. The molecule has 0 bridgehead atoms. The summed E-state index contributed by atoms with van der Waals surface area (Å²) in [5.41, 5.74) is 2.53. The van der Waals surface area contributed by atoms with Crippen LogP contribution in [0.25, 0.3) is 0 Å². The first-order valence-electron chi connectivity index (χ1n) is 4.62. The summed E-state index contributed by atoms with van der Waals surface area (Å²) >= 11 is 0. The SMILES string of the molecule is C/C=C(/CC)C(CNCC)=NC. The highest BCUT2D eigenvalue weighted by molar-refractivity contribution is 6.01. The molecule has 0 amide bonds. The molecule has 0 spiro atoms. The molecule has 0 rings (SSSR count). The Bertz CT molecular complexity index is 169. The van der Waals surface area contributed by atoms with Crippen LogP contribution in [0.5, 0.6) is 0 Å². The van der Waals surface area contributed by atoms with Crippen molar-refractivity contribution in [3.63, 3.8) is 0 Å². The van der Waals surface area contributed by atoms with E-state index in [1.807, 2.05) is 7.05 Å². The molecule has 0 radical (unpaired) electrons. The van der Waals surface area contributed by atoms with Crippen LogP contribution in [0, 0.1) is 0 Å². The molecule has 2 nitrogen and oxygen atoms in total. The first-order chi connectivity index (χ1) is 5.79. The Balaban J connectivity index is 4.15. The van der Waals surface area contributed by atoms with E-state index in [1.54, 1.807) is 0 Å². The van der Waals surface area contributed by atoms with Crippen LogP contribution in [-0.4, -0.2) is 25.8 Å². The number of hydrogen-bond acceptors (Lipinski definition) is 2. The minimum absolute atomic E-state index is 0.889. The van der Waals surface area contributed by atoms with Crippen LogP contribution < -0.4 is 5.32 Å². The standard InChI is InChI=1S/C10H20N2/c1-5-9(6-2)10(11-4)8-12-7-3/h5,12H,6-8H2,1-4H3/b9-5-,11-10?. The van der Waals surface area contributed by atoms with E-state index in [0.29, 0.717) is 0 Å². The molecule has 0 aliphatic heterocycles. The summed E-state index contributed by atoms with van der Waals surface area (Å²) in [6, 6.07) is 0. The predicted molar refractivity (Wildman–Crippen MR) is 56.0 cm³/mol. The molecular weight excluding hydrogens is 148 g/mol. The lowest BCUT2D eigenvalue weighted by Crippen LogP contribution is -2.23. The molecule has 0 heterocycles. The van der Waals surface area contributed by atoms with Gasteiger partial charge in [-0.1, -0.05) is 19.9 Å². The number of nitrogens with zero attached hydrogens (tertiary/aromatic N) is 1. The largest absolute Gasteiger partial charge is 0.311 e. The summed E-state index contributed by atoms with van der Waals surface area (Å²) < 4.78 is 0. The van der Waals surface area contributed by atoms with E-state index >= 15 is 0 Å². The zero-order valence-corrected chi connectivity index (χ0v) is 8.65. The van der Waals surface area contributed by atoms with Crippen molar-refractivity contribution >= 4 is 5.71 Å². The molecule has 0 aliphatic carbocycles. The van der Waals surface area contributed by atoms with Gasteiger partial charge in [0.25, 0.3) is 0 Å². The molecule has 70 valence electrons. The summed E-state index contributed by atoms with van der Waals surface area (Å²) in [6.45, 7) is 8.22. The summed E-state index contributed by atoms with van der Waals surface area (Å²) in [5, 5.41) is 3.28. The maximum atomic E-state index is 4.25. The Labute approximate surface area is 75.8 Å². The summed E-state index contributed by atoms with van der Waals surface area (Å²) in [6.07, 6.45) is 3.20. The number of hydrogen-bond donors (Lipinski definition) is 1. The second kappa shape index (κ2) is 7.04. The fraction of sp³-hybridized carbons (Fsp3) is 0.700. The van der Waals surface area contributed by atoms with Crippen molar-refractivity contribution in [1.82, 2.24) is 5.32 Å². The highest BCUT2D eigenvalue weighted by Crippen LogP contribution is 2.02. The van der Waals surface area contributed by atoms with Crippen LogP contribution in [0.1, 0.15) is 27.2 Å². The fourth-order valence-corrected chi connectivity index (χ4v) is 1.15. The fourth-order valence-electron chi connectivity index (χ4n) is 1.15. The summed E-state index contributed by atoms with van der Waals surface area (Å²) in [7, 11) is 1.85. The van der Waals surface area contributed by atoms with Gasteiger partial charge < -0.3 is 5.32 Å². The number of nitrogens with one attached hydrogen (secondary N) is 1. The molecule has 0 saturated carbocycles. The summed E-state index contributed by atoms with van der Waals surface area (Å²) in [4.78, 5) is 4.25. The Hall–Kier alpha value is -0.630. The quantitative estimate of drug-likeness (QED) is 0.624. The smallest absolute Gasteiger partial charge is 0.0511 e. The molecule has 0 unspecified atom stereocenters. The van der Waals surface area contributed by atoms with Gasteiger partial charge in [0.15, 0.2) is 0 Å².